The van der Waals surface area contributed by atoms with Gasteiger partial charge in [-0.3, -0.25) is 19.1 Å². The molecule has 0 saturated carbocycles. The second-order valence-electron chi connectivity index (χ2n) is 6.00. The number of carbonyl (C=O) groups is 1. The molecule has 2 N–H and O–H groups in total. The number of hydrogen-bond donors (Lipinski definition) is 2. The summed E-state index contributed by atoms with van der Waals surface area (Å²) in [6.07, 6.45) is 1.65. The Labute approximate surface area is 152 Å². The third-order valence-electron chi connectivity index (χ3n) is 4.21. The molecule has 1 aliphatic heterocycles. The van der Waals surface area contributed by atoms with Crippen LogP contribution >= 0.6 is 0 Å². The van der Waals surface area contributed by atoms with E-state index in [1.165, 1.54) is 6.20 Å². The number of rotatable bonds is 5. The van der Waals surface area contributed by atoms with Gasteiger partial charge in [0, 0.05) is 19.3 Å². The van der Waals surface area contributed by atoms with Crippen molar-refractivity contribution in [2.45, 2.75) is 13.0 Å². The van der Waals surface area contributed by atoms with Crippen molar-refractivity contribution in [1.82, 2.24) is 19.9 Å². The quantitative estimate of drug-likeness (QED) is 0.663. The average Bonchev–Trinajstić information content (AvgIpc) is 3.12. The molecule has 27 heavy (non-hydrogen) atoms. The molecule has 1 aromatic carbocycles. The molecule has 138 valence electrons. The Kier molecular flexibility index (Phi) is 4.33. The zero-order valence-corrected chi connectivity index (χ0v) is 14.2. The van der Waals surface area contributed by atoms with Crippen LogP contribution in [0.25, 0.3) is 11.0 Å². The Morgan fingerprint density at radius 1 is 1.22 bits per heavy atom. The van der Waals surface area contributed by atoms with Crippen molar-refractivity contribution in [2.24, 2.45) is 0 Å². The maximum atomic E-state index is 12.4. The number of hydrogen-bond acceptors (Lipinski definition) is 6. The van der Waals surface area contributed by atoms with E-state index < -0.39 is 11.2 Å². The number of benzene rings is 1. The summed E-state index contributed by atoms with van der Waals surface area (Å²) in [5.41, 5.74) is 0.0298. The largest absolute Gasteiger partial charge is 0.454 e. The lowest BCUT2D eigenvalue weighted by Gasteiger charge is -2.08. The zero-order valence-electron chi connectivity index (χ0n) is 14.2. The smallest absolute Gasteiger partial charge is 0.330 e. The minimum absolute atomic E-state index is 0.0614. The summed E-state index contributed by atoms with van der Waals surface area (Å²) in [7, 11) is 0. The lowest BCUT2D eigenvalue weighted by Crippen LogP contribution is -2.39. The third-order valence-corrected chi connectivity index (χ3v) is 4.21. The summed E-state index contributed by atoms with van der Waals surface area (Å²) in [5, 5.41) is 3.03. The maximum absolute atomic E-state index is 12.4. The summed E-state index contributed by atoms with van der Waals surface area (Å²) >= 11 is 0. The molecule has 2 aromatic heterocycles. The van der Waals surface area contributed by atoms with Crippen LogP contribution in [0.5, 0.6) is 11.5 Å². The Balaban J connectivity index is 1.40. The van der Waals surface area contributed by atoms with Crippen LogP contribution in [0.1, 0.15) is 5.56 Å². The molecular formula is C18H16N4O5. The minimum Gasteiger partial charge on any atom is -0.454 e. The summed E-state index contributed by atoms with van der Waals surface area (Å²) < 4.78 is 11.6. The van der Waals surface area contributed by atoms with Crippen LogP contribution in [-0.2, 0) is 17.8 Å². The number of pyridine rings is 1. The number of nitrogens with one attached hydrogen (secondary N) is 2. The second kappa shape index (κ2) is 6.94. The molecule has 3 aromatic rings. The number of nitrogens with zero attached hydrogens (tertiary/aromatic N) is 2. The van der Waals surface area contributed by atoms with Crippen molar-refractivity contribution in [3.8, 4) is 11.5 Å². The first-order valence-electron chi connectivity index (χ1n) is 8.35. The summed E-state index contributed by atoms with van der Waals surface area (Å²) in [6, 6.07) is 8.52. The molecule has 1 aliphatic rings. The van der Waals surface area contributed by atoms with E-state index in [1.807, 2.05) is 0 Å². The van der Waals surface area contributed by atoms with Gasteiger partial charge in [-0.15, -0.1) is 0 Å². The summed E-state index contributed by atoms with van der Waals surface area (Å²) in [4.78, 5) is 43.1. The van der Waals surface area contributed by atoms with E-state index in [-0.39, 0.29) is 37.9 Å². The van der Waals surface area contributed by atoms with E-state index in [4.69, 9.17) is 9.47 Å². The van der Waals surface area contributed by atoms with Crippen molar-refractivity contribution in [2.75, 3.05) is 13.3 Å². The second-order valence-corrected chi connectivity index (χ2v) is 6.00. The number of fused-ring (bicyclic) bond motifs is 2. The molecular weight excluding hydrogens is 352 g/mol. The highest BCUT2D eigenvalue weighted by Crippen LogP contribution is 2.32. The molecule has 9 heteroatoms. The van der Waals surface area contributed by atoms with Crippen molar-refractivity contribution in [3.05, 3.63) is 62.9 Å². The van der Waals surface area contributed by atoms with Gasteiger partial charge in [0.1, 0.15) is 5.65 Å². The molecule has 0 unspecified atom stereocenters. The first-order chi connectivity index (χ1) is 13.1. The van der Waals surface area contributed by atoms with Crippen LogP contribution in [0, 0.1) is 0 Å². The highest BCUT2D eigenvalue weighted by Gasteiger charge is 2.14. The molecule has 4 rings (SSSR count). The van der Waals surface area contributed by atoms with Gasteiger partial charge in [0.25, 0.3) is 5.56 Å². The van der Waals surface area contributed by atoms with E-state index in [2.05, 4.69) is 15.3 Å². The molecule has 1 amide bonds. The minimum atomic E-state index is -0.559. The Morgan fingerprint density at radius 3 is 2.96 bits per heavy atom. The fraction of sp³-hybridized carbons (Fsp3) is 0.222. The number of aromatic nitrogens is 3. The van der Waals surface area contributed by atoms with Crippen LogP contribution in [0.15, 0.2) is 46.1 Å². The van der Waals surface area contributed by atoms with Crippen molar-refractivity contribution >= 4 is 16.9 Å². The molecule has 0 bridgehead atoms. The molecule has 9 nitrogen and oxygen atoms in total. The molecule has 0 radical (unpaired) electrons. The van der Waals surface area contributed by atoms with Gasteiger partial charge in [-0.1, -0.05) is 6.07 Å². The van der Waals surface area contributed by atoms with E-state index in [9.17, 15) is 14.4 Å². The van der Waals surface area contributed by atoms with Gasteiger partial charge in [-0.2, -0.15) is 0 Å². The van der Waals surface area contributed by atoms with Gasteiger partial charge < -0.3 is 14.8 Å². The predicted octanol–water partition coefficient (Wildman–Crippen LogP) is 0.172. The SMILES string of the molecule is O=C(Cc1ccc2c(c1)OCO2)NCCn1c(=O)[nH]c2ncccc2c1=O. The van der Waals surface area contributed by atoms with Crippen LogP contribution in [0.4, 0.5) is 0 Å². The van der Waals surface area contributed by atoms with Crippen LogP contribution in [0.3, 0.4) is 0 Å². The predicted molar refractivity (Wildman–Crippen MR) is 95.9 cm³/mol. The number of carbonyl (C=O) groups excluding carboxylic acids is 1. The van der Waals surface area contributed by atoms with Crippen molar-refractivity contribution in [3.63, 3.8) is 0 Å². The van der Waals surface area contributed by atoms with Crippen molar-refractivity contribution < 1.29 is 14.3 Å². The van der Waals surface area contributed by atoms with Gasteiger partial charge >= 0.3 is 5.69 Å². The monoisotopic (exact) mass is 368 g/mol. The van der Waals surface area contributed by atoms with E-state index in [1.54, 1.807) is 30.3 Å². The van der Waals surface area contributed by atoms with Gasteiger partial charge in [0.15, 0.2) is 11.5 Å². The maximum Gasteiger partial charge on any atom is 0.330 e. The van der Waals surface area contributed by atoms with E-state index in [0.29, 0.717) is 16.9 Å². The molecule has 0 saturated heterocycles. The van der Waals surface area contributed by atoms with Crippen LogP contribution in [0.2, 0.25) is 0 Å². The Bertz CT molecular complexity index is 1130. The first-order valence-corrected chi connectivity index (χ1v) is 8.35. The lowest BCUT2D eigenvalue weighted by atomic mass is 10.1. The van der Waals surface area contributed by atoms with Gasteiger partial charge in [0.05, 0.1) is 11.8 Å². The molecule has 0 aliphatic carbocycles. The van der Waals surface area contributed by atoms with Crippen LogP contribution in [-0.4, -0.2) is 33.8 Å². The standard InChI is InChI=1S/C18H16N4O5/c23-15(9-11-3-4-13-14(8-11)27-10-26-13)19-6-7-22-17(24)12-2-1-5-20-16(12)21-18(22)25/h1-5,8H,6-7,9-10H2,(H,19,23)(H,20,21,25). The molecule has 0 fully saturated rings. The van der Waals surface area contributed by atoms with E-state index in [0.717, 1.165) is 10.1 Å². The van der Waals surface area contributed by atoms with Crippen LogP contribution < -0.4 is 26.0 Å². The molecule has 0 spiro atoms. The topological polar surface area (TPSA) is 115 Å². The number of H-pyrrole nitrogens is 1. The highest BCUT2D eigenvalue weighted by atomic mass is 16.7. The number of aromatic amines is 1. The summed E-state index contributed by atoms with van der Waals surface area (Å²) in [5.74, 6) is 1.05. The fourth-order valence-corrected chi connectivity index (χ4v) is 2.89. The van der Waals surface area contributed by atoms with Gasteiger partial charge in [0.2, 0.25) is 12.7 Å². The van der Waals surface area contributed by atoms with Gasteiger partial charge in [-0.05, 0) is 29.8 Å². The Hall–Kier alpha value is -3.62. The first kappa shape index (κ1) is 16.8. The number of ether oxygens (including phenoxy) is 2. The number of amides is 1. The summed E-state index contributed by atoms with van der Waals surface area (Å²) in [6.45, 7) is 0.388. The van der Waals surface area contributed by atoms with Crippen molar-refractivity contribution in [1.29, 1.82) is 0 Å². The average molecular weight is 368 g/mol. The van der Waals surface area contributed by atoms with Gasteiger partial charge in [-0.25, -0.2) is 9.78 Å². The third kappa shape index (κ3) is 3.39. The normalized spacial score (nSPS) is 12.3. The fourth-order valence-electron chi connectivity index (χ4n) is 2.89. The Morgan fingerprint density at radius 2 is 2.07 bits per heavy atom. The molecule has 3 heterocycles. The molecule has 0 atom stereocenters. The lowest BCUT2D eigenvalue weighted by molar-refractivity contribution is -0.120. The van der Waals surface area contributed by atoms with E-state index >= 15 is 0 Å². The highest BCUT2D eigenvalue weighted by molar-refractivity contribution is 5.78. The zero-order chi connectivity index (χ0) is 18.8.